The van der Waals surface area contributed by atoms with Crippen molar-refractivity contribution in [1.29, 1.82) is 0 Å². The van der Waals surface area contributed by atoms with Crippen LogP contribution in [0.25, 0.3) is 0 Å². The SMILES string of the molecule is CNCC1(Oc2cccc3c2CCC3NC)CCCCC1. The summed E-state index contributed by atoms with van der Waals surface area (Å²) in [4.78, 5) is 0. The summed E-state index contributed by atoms with van der Waals surface area (Å²) in [6.07, 6.45) is 8.59. The Hall–Kier alpha value is -1.06. The molecule has 21 heavy (non-hydrogen) atoms. The summed E-state index contributed by atoms with van der Waals surface area (Å²) in [7, 11) is 4.09. The highest BCUT2D eigenvalue weighted by molar-refractivity contribution is 5.45. The molecule has 0 aliphatic heterocycles. The lowest BCUT2D eigenvalue weighted by molar-refractivity contribution is 0.0314. The lowest BCUT2D eigenvalue weighted by Gasteiger charge is -2.38. The van der Waals surface area contributed by atoms with E-state index in [1.165, 1.54) is 49.7 Å². The molecule has 116 valence electrons. The number of nitrogens with one attached hydrogen (secondary N) is 2. The molecule has 3 heteroatoms. The lowest BCUT2D eigenvalue weighted by atomic mass is 9.84. The van der Waals surface area contributed by atoms with Crippen LogP contribution in [0.4, 0.5) is 0 Å². The zero-order valence-corrected chi connectivity index (χ0v) is 13.4. The first-order valence-electron chi connectivity index (χ1n) is 8.41. The summed E-state index contributed by atoms with van der Waals surface area (Å²) in [5.41, 5.74) is 2.86. The molecule has 3 nitrogen and oxygen atoms in total. The van der Waals surface area contributed by atoms with Gasteiger partial charge in [0.2, 0.25) is 0 Å². The van der Waals surface area contributed by atoms with Crippen LogP contribution in [0.1, 0.15) is 55.7 Å². The summed E-state index contributed by atoms with van der Waals surface area (Å²) in [6, 6.07) is 7.07. The molecule has 1 atom stereocenters. The third kappa shape index (κ3) is 2.95. The number of ether oxygens (including phenoxy) is 1. The van der Waals surface area contributed by atoms with Gasteiger partial charge in [0.25, 0.3) is 0 Å². The van der Waals surface area contributed by atoms with E-state index < -0.39 is 0 Å². The maximum absolute atomic E-state index is 6.63. The molecule has 0 heterocycles. The molecule has 1 fully saturated rings. The van der Waals surface area contributed by atoms with Crippen LogP contribution in [0.3, 0.4) is 0 Å². The third-order valence-corrected chi connectivity index (χ3v) is 5.17. The van der Waals surface area contributed by atoms with Gasteiger partial charge in [0.05, 0.1) is 0 Å². The molecule has 0 aromatic heterocycles. The normalized spacial score (nSPS) is 23.8. The third-order valence-electron chi connectivity index (χ3n) is 5.17. The molecular formula is C18H28N2O. The van der Waals surface area contributed by atoms with E-state index in [9.17, 15) is 0 Å². The first-order valence-corrected chi connectivity index (χ1v) is 8.41. The van der Waals surface area contributed by atoms with Gasteiger partial charge in [0.15, 0.2) is 0 Å². The molecule has 1 aromatic carbocycles. The highest BCUT2D eigenvalue weighted by atomic mass is 16.5. The molecule has 2 aliphatic carbocycles. The Labute approximate surface area is 128 Å². The van der Waals surface area contributed by atoms with Crippen LogP contribution in [0, 0.1) is 0 Å². The molecule has 0 bridgehead atoms. The Morgan fingerprint density at radius 3 is 2.71 bits per heavy atom. The van der Waals surface area contributed by atoms with E-state index in [2.05, 4.69) is 35.9 Å². The molecule has 0 saturated heterocycles. The Kier molecular flexibility index (Phi) is 4.51. The fourth-order valence-electron chi connectivity index (χ4n) is 4.08. The molecular weight excluding hydrogens is 260 g/mol. The molecule has 0 radical (unpaired) electrons. The van der Waals surface area contributed by atoms with Crippen molar-refractivity contribution in [1.82, 2.24) is 10.6 Å². The predicted octanol–water partition coefficient (Wildman–Crippen LogP) is 3.19. The van der Waals surface area contributed by atoms with Crippen molar-refractivity contribution in [2.24, 2.45) is 0 Å². The van der Waals surface area contributed by atoms with Crippen molar-refractivity contribution in [3.05, 3.63) is 29.3 Å². The average Bonchev–Trinajstić information content (AvgIpc) is 2.92. The monoisotopic (exact) mass is 288 g/mol. The maximum atomic E-state index is 6.63. The second kappa shape index (κ2) is 6.37. The maximum Gasteiger partial charge on any atom is 0.123 e. The van der Waals surface area contributed by atoms with Crippen molar-refractivity contribution in [2.75, 3.05) is 20.6 Å². The van der Waals surface area contributed by atoms with Crippen LogP contribution in [0.5, 0.6) is 5.75 Å². The average molecular weight is 288 g/mol. The zero-order valence-electron chi connectivity index (χ0n) is 13.4. The minimum Gasteiger partial charge on any atom is -0.486 e. The summed E-state index contributed by atoms with van der Waals surface area (Å²) < 4.78 is 6.63. The first kappa shape index (κ1) is 14.9. The molecule has 1 aromatic rings. The van der Waals surface area contributed by atoms with Gasteiger partial charge in [-0.25, -0.2) is 0 Å². The van der Waals surface area contributed by atoms with E-state index in [0.717, 1.165) is 18.7 Å². The smallest absolute Gasteiger partial charge is 0.123 e. The Morgan fingerprint density at radius 2 is 2.00 bits per heavy atom. The van der Waals surface area contributed by atoms with Crippen LogP contribution < -0.4 is 15.4 Å². The summed E-state index contributed by atoms with van der Waals surface area (Å²) in [5.74, 6) is 1.13. The molecule has 0 amide bonds. The molecule has 3 rings (SSSR count). The fourth-order valence-corrected chi connectivity index (χ4v) is 4.08. The molecule has 2 N–H and O–H groups in total. The van der Waals surface area contributed by atoms with E-state index in [0.29, 0.717) is 6.04 Å². The van der Waals surface area contributed by atoms with Crippen LogP contribution >= 0.6 is 0 Å². The largest absolute Gasteiger partial charge is 0.486 e. The van der Waals surface area contributed by atoms with E-state index in [4.69, 9.17) is 4.74 Å². The summed E-state index contributed by atoms with van der Waals surface area (Å²) in [5, 5.41) is 6.77. The molecule has 0 spiro atoms. The molecule has 1 saturated carbocycles. The van der Waals surface area contributed by atoms with Gasteiger partial charge in [-0.05, 0) is 69.8 Å². The van der Waals surface area contributed by atoms with Crippen molar-refractivity contribution < 1.29 is 4.74 Å². The quantitative estimate of drug-likeness (QED) is 0.873. The predicted molar refractivity (Wildman–Crippen MR) is 86.9 cm³/mol. The van der Waals surface area contributed by atoms with E-state index >= 15 is 0 Å². The Balaban J connectivity index is 1.85. The van der Waals surface area contributed by atoms with E-state index in [1.54, 1.807) is 0 Å². The zero-order chi connectivity index (χ0) is 14.7. The topological polar surface area (TPSA) is 33.3 Å². The van der Waals surface area contributed by atoms with E-state index in [1.807, 2.05) is 7.05 Å². The number of benzene rings is 1. The molecule has 2 aliphatic rings. The van der Waals surface area contributed by atoms with Crippen molar-refractivity contribution in [3.8, 4) is 5.75 Å². The Morgan fingerprint density at radius 1 is 1.19 bits per heavy atom. The standard InChI is InChI=1S/C18H28N2O/c1-19-13-18(11-4-3-5-12-18)21-17-8-6-7-14-15(17)9-10-16(14)20-2/h6-8,16,19-20H,3-5,9-13H2,1-2H3. The lowest BCUT2D eigenvalue weighted by Crippen LogP contribution is -2.46. The Bertz CT molecular complexity index is 475. The highest BCUT2D eigenvalue weighted by Crippen LogP contribution is 2.40. The fraction of sp³-hybridized carbons (Fsp3) is 0.667. The highest BCUT2D eigenvalue weighted by Gasteiger charge is 2.35. The molecule has 1 unspecified atom stereocenters. The number of rotatable bonds is 5. The van der Waals surface area contributed by atoms with Crippen molar-refractivity contribution >= 4 is 0 Å². The van der Waals surface area contributed by atoms with Gasteiger partial charge in [0.1, 0.15) is 11.4 Å². The van der Waals surface area contributed by atoms with Gasteiger partial charge in [-0.3, -0.25) is 0 Å². The number of likely N-dealkylation sites (N-methyl/N-ethyl adjacent to an activating group) is 1. The minimum atomic E-state index is -0.000146. The van der Waals surface area contributed by atoms with Gasteiger partial charge < -0.3 is 15.4 Å². The van der Waals surface area contributed by atoms with Crippen molar-refractivity contribution in [2.45, 2.75) is 56.6 Å². The van der Waals surface area contributed by atoms with Gasteiger partial charge in [-0.2, -0.15) is 0 Å². The van der Waals surface area contributed by atoms with Crippen LogP contribution in [-0.4, -0.2) is 26.2 Å². The second-order valence-electron chi connectivity index (χ2n) is 6.58. The van der Waals surface area contributed by atoms with Crippen LogP contribution in [0.2, 0.25) is 0 Å². The summed E-state index contributed by atoms with van der Waals surface area (Å²) >= 11 is 0. The number of hydrogen-bond acceptors (Lipinski definition) is 3. The van der Waals surface area contributed by atoms with Crippen LogP contribution in [0.15, 0.2) is 18.2 Å². The minimum absolute atomic E-state index is 0.000146. The van der Waals surface area contributed by atoms with Crippen molar-refractivity contribution in [3.63, 3.8) is 0 Å². The van der Waals surface area contributed by atoms with Crippen LogP contribution in [-0.2, 0) is 6.42 Å². The van der Waals surface area contributed by atoms with E-state index in [-0.39, 0.29) is 5.60 Å². The first-order chi connectivity index (χ1) is 10.3. The van der Waals surface area contributed by atoms with Gasteiger partial charge in [0, 0.05) is 12.6 Å². The number of hydrogen-bond donors (Lipinski definition) is 2. The summed E-state index contributed by atoms with van der Waals surface area (Å²) in [6.45, 7) is 0.951. The van der Waals surface area contributed by atoms with Gasteiger partial charge in [-0.15, -0.1) is 0 Å². The number of fused-ring (bicyclic) bond motifs is 1. The second-order valence-corrected chi connectivity index (χ2v) is 6.58. The van der Waals surface area contributed by atoms with Gasteiger partial charge in [-0.1, -0.05) is 18.6 Å². The van der Waals surface area contributed by atoms with Gasteiger partial charge >= 0.3 is 0 Å².